The summed E-state index contributed by atoms with van der Waals surface area (Å²) in [5, 5.41) is 3.90. The first kappa shape index (κ1) is 14.2. The number of halogens is 1. The standard InChI is InChI=1S/C15H16ClN3O/c16-11-3-1-10(2-4-11)7-8-19-14-9-12(17)5-6-13(14)15(18)20/h1-6,9,19H,7-8,17H2,(H2,18,20). The molecule has 0 aromatic heterocycles. The van der Waals surface area contributed by atoms with Crippen LogP contribution in [0.25, 0.3) is 0 Å². The quantitative estimate of drug-likeness (QED) is 0.740. The number of carbonyl (C=O) groups excluding carboxylic acids is 1. The van der Waals surface area contributed by atoms with Gasteiger partial charge in [-0.3, -0.25) is 4.79 Å². The van der Waals surface area contributed by atoms with E-state index in [1.54, 1.807) is 18.2 Å². The van der Waals surface area contributed by atoms with Crippen molar-refractivity contribution in [1.82, 2.24) is 0 Å². The number of rotatable bonds is 5. The van der Waals surface area contributed by atoms with E-state index < -0.39 is 5.91 Å². The van der Waals surface area contributed by atoms with Crippen molar-refractivity contribution in [2.45, 2.75) is 6.42 Å². The van der Waals surface area contributed by atoms with Gasteiger partial charge in [0.15, 0.2) is 0 Å². The summed E-state index contributed by atoms with van der Waals surface area (Å²) in [5.74, 6) is -0.473. The number of nitrogens with two attached hydrogens (primary N) is 2. The first-order chi connectivity index (χ1) is 9.56. The molecule has 0 radical (unpaired) electrons. The molecular formula is C15H16ClN3O. The van der Waals surface area contributed by atoms with Crippen molar-refractivity contribution < 1.29 is 4.79 Å². The van der Waals surface area contributed by atoms with Crippen LogP contribution < -0.4 is 16.8 Å². The molecule has 0 fully saturated rings. The summed E-state index contributed by atoms with van der Waals surface area (Å²) in [5.41, 5.74) is 13.9. The molecule has 2 rings (SSSR count). The van der Waals surface area contributed by atoms with Gasteiger partial charge in [0.1, 0.15) is 0 Å². The minimum atomic E-state index is -0.473. The Hall–Kier alpha value is -2.20. The lowest BCUT2D eigenvalue weighted by Gasteiger charge is -2.11. The molecule has 20 heavy (non-hydrogen) atoms. The first-order valence-electron chi connectivity index (χ1n) is 6.24. The highest BCUT2D eigenvalue weighted by Crippen LogP contribution is 2.19. The largest absolute Gasteiger partial charge is 0.399 e. The van der Waals surface area contributed by atoms with Gasteiger partial charge in [-0.2, -0.15) is 0 Å². The Morgan fingerprint density at radius 1 is 1.15 bits per heavy atom. The maximum atomic E-state index is 11.3. The van der Waals surface area contributed by atoms with Crippen LogP contribution in [0.2, 0.25) is 5.02 Å². The molecule has 0 aliphatic carbocycles. The monoisotopic (exact) mass is 289 g/mol. The minimum absolute atomic E-state index is 0.440. The van der Waals surface area contributed by atoms with E-state index in [1.165, 1.54) is 0 Å². The zero-order valence-corrected chi connectivity index (χ0v) is 11.7. The fraction of sp³-hybridized carbons (Fsp3) is 0.133. The highest BCUT2D eigenvalue weighted by atomic mass is 35.5. The number of hydrogen-bond donors (Lipinski definition) is 3. The fourth-order valence-corrected chi connectivity index (χ4v) is 2.04. The summed E-state index contributed by atoms with van der Waals surface area (Å²) in [6.45, 7) is 0.672. The van der Waals surface area contributed by atoms with Gasteiger partial charge >= 0.3 is 0 Å². The summed E-state index contributed by atoms with van der Waals surface area (Å²) >= 11 is 5.83. The molecule has 5 N–H and O–H groups in total. The molecule has 0 aliphatic heterocycles. The molecule has 0 heterocycles. The number of amides is 1. The van der Waals surface area contributed by atoms with Gasteiger partial charge in [0, 0.05) is 22.9 Å². The summed E-state index contributed by atoms with van der Waals surface area (Å²) in [7, 11) is 0. The molecule has 0 atom stereocenters. The van der Waals surface area contributed by atoms with Crippen molar-refractivity contribution in [2.24, 2.45) is 5.73 Å². The van der Waals surface area contributed by atoms with E-state index in [2.05, 4.69) is 5.32 Å². The highest BCUT2D eigenvalue weighted by molar-refractivity contribution is 6.30. The van der Waals surface area contributed by atoms with Crippen LogP contribution in [0.5, 0.6) is 0 Å². The van der Waals surface area contributed by atoms with Crippen LogP contribution in [-0.2, 0) is 6.42 Å². The molecule has 1 amide bonds. The molecule has 104 valence electrons. The van der Waals surface area contributed by atoms with E-state index in [0.717, 1.165) is 12.0 Å². The Balaban J connectivity index is 2.02. The molecular weight excluding hydrogens is 274 g/mol. The van der Waals surface area contributed by atoms with Crippen LogP contribution in [0.4, 0.5) is 11.4 Å². The average Bonchev–Trinajstić information content (AvgIpc) is 2.41. The second-order valence-corrected chi connectivity index (χ2v) is 4.91. The van der Waals surface area contributed by atoms with E-state index in [1.807, 2.05) is 24.3 Å². The molecule has 5 heteroatoms. The lowest BCUT2D eigenvalue weighted by molar-refractivity contribution is 0.100. The maximum Gasteiger partial charge on any atom is 0.250 e. The topological polar surface area (TPSA) is 81.1 Å². The predicted molar refractivity (Wildman–Crippen MR) is 83.0 cm³/mol. The summed E-state index contributed by atoms with van der Waals surface area (Å²) < 4.78 is 0. The van der Waals surface area contributed by atoms with Gasteiger partial charge in [-0.15, -0.1) is 0 Å². The molecule has 2 aromatic rings. The van der Waals surface area contributed by atoms with Crippen LogP contribution in [0, 0.1) is 0 Å². The fourth-order valence-electron chi connectivity index (χ4n) is 1.92. The van der Waals surface area contributed by atoms with Crippen molar-refractivity contribution in [3.63, 3.8) is 0 Å². The molecule has 0 bridgehead atoms. The van der Waals surface area contributed by atoms with Gasteiger partial charge in [0.2, 0.25) is 0 Å². The third-order valence-electron chi connectivity index (χ3n) is 2.95. The molecule has 0 spiro atoms. The van der Waals surface area contributed by atoms with Crippen molar-refractivity contribution in [2.75, 3.05) is 17.6 Å². The van der Waals surface area contributed by atoms with Crippen molar-refractivity contribution >= 4 is 28.9 Å². The van der Waals surface area contributed by atoms with Crippen molar-refractivity contribution in [3.8, 4) is 0 Å². The second-order valence-electron chi connectivity index (χ2n) is 4.47. The van der Waals surface area contributed by atoms with Gasteiger partial charge in [0.25, 0.3) is 5.91 Å². The van der Waals surface area contributed by atoms with E-state index in [4.69, 9.17) is 23.1 Å². The Bertz CT molecular complexity index is 611. The molecule has 0 unspecified atom stereocenters. The zero-order valence-electron chi connectivity index (χ0n) is 10.9. The first-order valence-corrected chi connectivity index (χ1v) is 6.61. The van der Waals surface area contributed by atoms with Crippen LogP contribution in [0.1, 0.15) is 15.9 Å². The lowest BCUT2D eigenvalue weighted by Crippen LogP contribution is -2.15. The van der Waals surface area contributed by atoms with Gasteiger partial charge in [0.05, 0.1) is 5.56 Å². The lowest BCUT2D eigenvalue weighted by atomic mass is 10.1. The predicted octanol–water partition coefficient (Wildman–Crippen LogP) is 2.68. The van der Waals surface area contributed by atoms with E-state index >= 15 is 0 Å². The van der Waals surface area contributed by atoms with Crippen molar-refractivity contribution in [1.29, 1.82) is 0 Å². The summed E-state index contributed by atoms with van der Waals surface area (Å²) in [4.78, 5) is 11.3. The van der Waals surface area contributed by atoms with Crippen molar-refractivity contribution in [3.05, 3.63) is 58.6 Å². The Labute approximate surface area is 122 Å². The SMILES string of the molecule is NC(=O)c1ccc(N)cc1NCCc1ccc(Cl)cc1. The smallest absolute Gasteiger partial charge is 0.250 e. The number of hydrogen-bond acceptors (Lipinski definition) is 3. The second kappa shape index (κ2) is 6.30. The number of nitrogens with one attached hydrogen (secondary N) is 1. The van der Waals surface area contributed by atoms with Crippen LogP contribution >= 0.6 is 11.6 Å². The van der Waals surface area contributed by atoms with E-state index in [0.29, 0.717) is 28.5 Å². The van der Waals surface area contributed by atoms with Gasteiger partial charge in [-0.1, -0.05) is 23.7 Å². The molecule has 0 saturated carbocycles. The highest BCUT2D eigenvalue weighted by Gasteiger charge is 2.07. The van der Waals surface area contributed by atoms with Crippen LogP contribution in [0.3, 0.4) is 0 Å². The third-order valence-corrected chi connectivity index (χ3v) is 3.20. The number of anilines is 2. The normalized spacial score (nSPS) is 10.2. The maximum absolute atomic E-state index is 11.3. The number of carbonyl (C=O) groups is 1. The molecule has 0 saturated heterocycles. The molecule has 0 aliphatic rings. The zero-order chi connectivity index (χ0) is 14.5. The van der Waals surface area contributed by atoms with Crippen LogP contribution in [-0.4, -0.2) is 12.5 Å². The number of primary amides is 1. The summed E-state index contributed by atoms with van der Waals surface area (Å²) in [6.07, 6.45) is 0.810. The van der Waals surface area contributed by atoms with Crippen LogP contribution in [0.15, 0.2) is 42.5 Å². The summed E-state index contributed by atoms with van der Waals surface area (Å²) in [6, 6.07) is 12.6. The Morgan fingerprint density at radius 2 is 1.85 bits per heavy atom. The third kappa shape index (κ3) is 3.65. The Kier molecular flexibility index (Phi) is 4.48. The molecule has 2 aromatic carbocycles. The Morgan fingerprint density at radius 3 is 2.50 bits per heavy atom. The van der Waals surface area contributed by atoms with Gasteiger partial charge in [-0.05, 0) is 42.3 Å². The van der Waals surface area contributed by atoms with Gasteiger partial charge < -0.3 is 16.8 Å². The van der Waals surface area contributed by atoms with E-state index in [-0.39, 0.29) is 0 Å². The van der Waals surface area contributed by atoms with Gasteiger partial charge in [-0.25, -0.2) is 0 Å². The average molecular weight is 290 g/mol. The minimum Gasteiger partial charge on any atom is -0.399 e. The van der Waals surface area contributed by atoms with E-state index in [9.17, 15) is 4.79 Å². The number of benzene rings is 2. The molecule has 4 nitrogen and oxygen atoms in total. The number of nitrogen functional groups attached to an aromatic ring is 1.